The number of aliphatic carboxylic acids is 1. The Labute approximate surface area is 98.3 Å². The highest BCUT2D eigenvalue weighted by molar-refractivity contribution is 7.14. The molecule has 0 aromatic carbocycles. The summed E-state index contributed by atoms with van der Waals surface area (Å²) in [5, 5.41) is 10.8. The molecule has 0 spiro atoms. The van der Waals surface area contributed by atoms with Crippen LogP contribution in [0.2, 0.25) is 4.34 Å². The van der Waals surface area contributed by atoms with Gasteiger partial charge in [0.05, 0.1) is 4.34 Å². The fourth-order valence-electron chi connectivity index (χ4n) is 1.29. The minimum Gasteiger partial charge on any atom is -0.480 e. The predicted octanol–water partition coefficient (Wildman–Crippen LogP) is 2.87. The zero-order valence-corrected chi connectivity index (χ0v) is 10.5. The summed E-state index contributed by atoms with van der Waals surface area (Å²) < 4.78 is 0.730. The summed E-state index contributed by atoms with van der Waals surface area (Å²) in [5.74, 6) is -0.814. The Morgan fingerprint density at radius 1 is 1.60 bits per heavy atom. The van der Waals surface area contributed by atoms with Crippen LogP contribution in [-0.4, -0.2) is 29.1 Å². The van der Waals surface area contributed by atoms with E-state index in [1.54, 1.807) is 18.9 Å². The summed E-state index contributed by atoms with van der Waals surface area (Å²) >= 11 is 7.30. The SMILES string of the molecule is CC(C(=O)O)N(C)C(C)c1csc(Cl)c1. The first kappa shape index (κ1) is 12.5. The van der Waals surface area contributed by atoms with E-state index < -0.39 is 12.0 Å². The van der Waals surface area contributed by atoms with Gasteiger partial charge in [0.2, 0.25) is 0 Å². The standard InChI is InChI=1S/C10H14ClNO2S/c1-6(8-4-9(11)15-5-8)12(3)7(2)10(13)14/h4-7H,1-3H3,(H,13,14). The molecule has 0 fully saturated rings. The normalized spacial score (nSPS) is 15.3. The van der Waals surface area contributed by atoms with Crippen molar-refractivity contribution in [3.05, 3.63) is 21.3 Å². The molecule has 0 aliphatic carbocycles. The van der Waals surface area contributed by atoms with Gasteiger partial charge in [-0.15, -0.1) is 11.3 Å². The molecule has 1 N–H and O–H groups in total. The molecule has 1 aromatic rings. The quantitative estimate of drug-likeness (QED) is 0.890. The van der Waals surface area contributed by atoms with Crippen LogP contribution in [0.25, 0.3) is 0 Å². The maximum absolute atomic E-state index is 10.8. The Bertz CT molecular complexity index is 353. The Morgan fingerprint density at radius 3 is 2.60 bits per heavy atom. The summed E-state index contributed by atoms with van der Waals surface area (Å²) in [6.07, 6.45) is 0. The maximum Gasteiger partial charge on any atom is 0.320 e. The lowest BCUT2D eigenvalue weighted by atomic mass is 10.1. The number of carboxylic acids is 1. The first-order valence-corrected chi connectivity index (χ1v) is 5.88. The van der Waals surface area contributed by atoms with E-state index in [1.807, 2.05) is 18.4 Å². The van der Waals surface area contributed by atoms with Gasteiger partial charge in [0.15, 0.2) is 0 Å². The van der Waals surface area contributed by atoms with Crippen LogP contribution in [0.15, 0.2) is 11.4 Å². The van der Waals surface area contributed by atoms with Crippen molar-refractivity contribution in [2.24, 2.45) is 0 Å². The smallest absolute Gasteiger partial charge is 0.320 e. The third-order valence-corrected chi connectivity index (χ3v) is 3.76. The van der Waals surface area contributed by atoms with E-state index in [2.05, 4.69) is 0 Å². The van der Waals surface area contributed by atoms with Crippen molar-refractivity contribution >= 4 is 28.9 Å². The zero-order chi connectivity index (χ0) is 11.6. The minimum absolute atomic E-state index is 0.0554. The van der Waals surface area contributed by atoms with E-state index in [4.69, 9.17) is 16.7 Å². The molecule has 0 aliphatic heterocycles. The summed E-state index contributed by atoms with van der Waals surface area (Å²) in [4.78, 5) is 12.6. The summed E-state index contributed by atoms with van der Waals surface area (Å²) in [5.41, 5.74) is 1.06. The molecule has 1 heterocycles. The van der Waals surface area contributed by atoms with Gasteiger partial charge in [0.1, 0.15) is 6.04 Å². The second-order valence-electron chi connectivity index (χ2n) is 3.54. The fraction of sp³-hybridized carbons (Fsp3) is 0.500. The van der Waals surface area contributed by atoms with Gasteiger partial charge >= 0.3 is 5.97 Å². The summed E-state index contributed by atoms with van der Waals surface area (Å²) in [6, 6.07) is 1.43. The molecular formula is C10H14ClNO2S. The van der Waals surface area contributed by atoms with Crippen molar-refractivity contribution < 1.29 is 9.90 Å². The van der Waals surface area contributed by atoms with Gasteiger partial charge in [0, 0.05) is 6.04 Å². The van der Waals surface area contributed by atoms with Crippen LogP contribution >= 0.6 is 22.9 Å². The molecule has 3 nitrogen and oxygen atoms in total. The number of nitrogens with zero attached hydrogens (tertiary/aromatic N) is 1. The van der Waals surface area contributed by atoms with E-state index in [0.717, 1.165) is 9.90 Å². The van der Waals surface area contributed by atoms with Gasteiger partial charge in [-0.25, -0.2) is 0 Å². The van der Waals surface area contributed by atoms with Gasteiger partial charge in [-0.1, -0.05) is 11.6 Å². The topological polar surface area (TPSA) is 40.5 Å². The zero-order valence-electron chi connectivity index (χ0n) is 8.90. The van der Waals surface area contributed by atoms with Crippen molar-refractivity contribution in [3.63, 3.8) is 0 Å². The Balaban J connectivity index is 2.76. The lowest BCUT2D eigenvalue weighted by molar-refractivity contribution is -0.142. The van der Waals surface area contributed by atoms with Gasteiger partial charge in [0.25, 0.3) is 0 Å². The molecule has 84 valence electrons. The molecule has 0 bridgehead atoms. The highest BCUT2D eigenvalue weighted by atomic mass is 35.5. The molecule has 15 heavy (non-hydrogen) atoms. The summed E-state index contributed by atoms with van der Waals surface area (Å²) in [6.45, 7) is 3.64. The van der Waals surface area contributed by atoms with Crippen molar-refractivity contribution in [3.8, 4) is 0 Å². The second kappa shape index (κ2) is 4.96. The van der Waals surface area contributed by atoms with Crippen LogP contribution in [0, 0.1) is 0 Å². The average Bonchev–Trinajstić information content (AvgIpc) is 2.61. The minimum atomic E-state index is -0.814. The number of rotatable bonds is 4. The number of hydrogen-bond acceptors (Lipinski definition) is 3. The molecule has 0 saturated heterocycles. The summed E-state index contributed by atoms with van der Waals surface area (Å²) in [7, 11) is 1.80. The molecule has 0 saturated carbocycles. The van der Waals surface area contributed by atoms with Crippen LogP contribution in [-0.2, 0) is 4.79 Å². The highest BCUT2D eigenvalue weighted by Crippen LogP contribution is 2.28. The van der Waals surface area contributed by atoms with E-state index >= 15 is 0 Å². The fourth-order valence-corrected chi connectivity index (χ4v) is 2.26. The van der Waals surface area contributed by atoms with Crippen LogP contribution in [0.4, 0.5) is 0 Å². The number of halogens is 1. The van der Waals surface area contributed by atoms with Crippen molar-refractivity contribution in [2.45, 2.75) is 25.9 Å². The lowest BCUT2D eigenvalue weighted by Gasteiger charge is -2.27. The first-order valence-electron chi connectivity index (χ1n) is 4.62. The van der Waals surface area contributed by atoms with E-state index in [0.29, 0.717) is 0 Å². The first-order chi connectivity index (χ1) is 6.93. The third-order valence-electron chi connectivity index (χ3n) is 2.65. The monoisotopic (exact) mass is 247 g/mol. The maximum atomic E-state index is 10.8. The van der Waals surface area contributed by atoms with Crippen molar-refractivity contribution in [1.82, 2.24) is 4.90 Å². The van der Waals surface area contributed by atoms with Crippen molar-refractivity contribution in [2.75, 3.05) is 7.05 Å². The third kappa shape index (κ3) is 2.93. The Kier molecular flexibility index (Phi) is 4.13. The van der Waals surface area contributed by atoms with E-state index in [9.17, 15) is 4.79 Å². The van der Waals surface area contributed by atoms with Crippen LogP contribution in [0.1, 0.15) is 25.5 Å². The molecule has 1 aromatic heterocycles. The number of carbonyl (C=O) groups is 1. The number of hydrogen-bond donors (Lipinski definition) is 1. The van der Waals surface area contributed by atoms with Gasteiger partial charge in [-0.3, -0.25) is 9.69 Å². The average molecular weight is 248 g/mol. The number of carboxylic acid groups (broad SMARTS) is 1. The molecular weight excluding hydrogens is 234 g/mol. The largest absolute Gasteiger partial charge is 0.480 e. The Morgan fingerprint density at radius 2 is 2.20 bits per heavy atom. The van der Waals surface area contributed by atoms with Gasteiger partial charge in [-0.2, -0.15) is 0 Å². The molecule has 2 unspecified atom stereocenters. The van der Waals surface area contributed by atoms with Crippen LogP contribution in [0.5, 0.6) is 0 Å². The molecule has 2 atom stereocenters. The molecule has 5 heteroatoms. The van der Waals surface area contributed by atoms with Crippen LogP contribution < -0.4 is 0 Å². The second-order valence-corrected chi connectivity index (χ2v) is 5.08. The van der Waals surface area contributed by atoms with Gasteiger partial charge in [-0.05, 0) is 37.9 Å². The molecule has 0 aliphatic rings. The molecule has 0 radical (unpaired) electrons. The highest BCUT2D eigenvalue weighted by Gasteiger charge is 2.22. The van der Waals surface area contributed by atoms with E-state index in [1.165, 1.54) is 11.3 Å². The Hall–Kier alpha value is -0.580. The van der Waals surface area contributed by atoms with Gasteiger partial charge < -0.3 is 5.11 Å². The lowest BCUT2D eigenvalue weighted by Crippen LogP contribution is -2.37. The molecule has 0 amide bonds. The molecule has 1 rings (SSSR count). The predicted molar refractivity (Wildman–Crippen MR) is 62.6 cm³/mol. The van der Waals surface area contributed by atoms with Crippen LogP contribution in [0.3, 0.4) is 0 Å². The number of likely N-dealkylation sites (N-methyl/N-ethyl adjacent to an activating group) is 1. The number of thiophene rings is 1. The van der Waals surface area contributed by atoms with Crippen molar-refractivity contribution in [1.29, 1.82) is 0 Å². The van der Waals surface area contributed by atoms with E-state index in [-0.39, 0.29) is 6.04 Å².